The maximum Gasteiger partial charge on any atom is 0.414 e. The fourth-order valence-corrected chi connectivity index (χ4v) is 3.65. The number of anilines is 2. The topological polar surface area (TPSA) is 80.3 Å². The Kier molecular flexibility index (Phi) is 6.23. The second-order valence-corrected chi connectivity index (χ2v) is 7.07. The average Bonchev–Trinajstić information content (AvgIpc) is 3.07. The van der Waals surface area contributed by atoms with Crippen molar-refractivity contribution in [2.24, 2.45) is 0 Å². The van der Waals surface area contributed by atoms with Gasteiger partial charge in [0.2, 0.25) is 11.7 Å². The Balaban J connectivity index is 1.70. The van der Waals surface area contributed by atoms with E-state index in [2.05, 4.69) is 5.32 Å². The van der Waals surface area contributed by atoms with Crippen LogP contribution in [0.5, 0.6) is 0 Å². The monoisotopic (exact) mass is 413 g/mol. The minimum absolute atomic E-state index is 0.0809. The smallest absolute Gasteiger partial charge is 0.414 e. The summed E-state index contributed by atoms with van der Waals surface area (Å²) in [4.78, 5) is 26.0. The van der Waals surface area contributed by atoms with Crippen LogP contribution in [0.4, 0.5) is 25.0 Å². The first-order chi connectivity index (χ1) is 13.8. The van der Waals surface area contributed by atoms with E-state index in [4.69, 9.17) is 14.2 Å². The van der Waals surface area contributed by atoms with Crippen molar-refractivity contribution in [3.63, 3.8) is 0 Å². The van der Waals surface area contributed by atoms with E-state index in [1.54, 1.807) is 11.0 Å². The SMILES string of the molecule is COC1(OC)CCN(c2ccc(N3C[C@H](CNC(C)=O)OC3=O)cc2F)CC1F. The zero-order valence-electron chi connectivity index (χ0n) is 16.6. The number of methoxy groups -OCH3 is 2. The molecule has 1 aromatic rings. The molecular formula is C19H25F2N3O5. The van der Waals surface area contributed by atoms with Gasteiger partial charge in [0.25, 0.3) is 0 Å². The Hall–Kier alpha value is -2.46. The van der Waals surface area contributed by atoms with Crippen molar-refractivity contribution in [2.45, 2.75) is 31.4 Å². The zero-order chi connectivity index (χ0) is 21.2. The van der Waals surface area contributed by atoms with Crippen LogP contribution in [0.3, 0.4) is 0 Å². The number of cyclic esters (lactones) is 1. The van der Waals surface area contributed by atoms with Crippen LogP contribution in [-0.2, 0) is 19.0 Å². The predicted octanol–water partition coefficient (Wildman–Crippen LogP) is 1.82. The molecule has 29 heavy (non-hydrogen) atoms. The number of piperidine rings is 1. The van der Waals surface area contributed by atoms with Crippen molar-refractivity contribution >= 4 is 23.4 Å². The molecule has 0 spiro atoms. The molecule has 0 aromatic heterocycles. The second-order valence-electron chi connectivity index (χ2n) is 7.07. The highest BCUT2D eigenvalue weighted by atomic mass is 19.1. The van der Waals surface area contributed by atoms with Crippen LogP contribution in [0.15, 0.2) is 18.2 Å². The van der Waals surface area contributed by atoms with Crippen LogP contribution in [0.25, 0.3) is 0 Å². The van der Waals surface area contributed by atoms with Gasteiger partial charge in [0, 0.05) is 34.1 Å². The molecule has 0 bridgehead atoms. The third kappa shape index (κ3) is 4.27. The Morgan fingerprint density at radius 3 is 2.66 bits per heavy atom. The lowest BCUT2D eigenvalue weighted by Gasteiger charge is -2.43. The lowest BCUT2D eigenvalue weighted by Crippen LogP contribution is -2.56. The number of benzene rings is 1. The van der Waals surface area contributed by atoms with Crippen molar-refractivity contribution in [1.29, 1.82) is 0 Å². The van der Waals surface area contributed by atoms with E-state index in [1.807, 2.05) is 0 Å². The van der Waals surface area contributed by atoms with Gasteiger partial charge in [-0.1, -0.05) is 0 Å². The fourth-order valence-electron chi connectivity index (χ4n) is 3.65. The Morgan fingerprint density at radius 1 is 1.34 bits per heavy atom. The summed E-state index contributed by atoms with van der Waals surface area (Å²) in [6.07, 6.45) is -2.33. The highest BCUT2D eigenvalue weighted by Crippen LogP contribution is 2.34. The first-order valence-corrected chi connectivity index (χ1v) is 9.31. The number of alkyl halides is 1. The van der Waals surface area contributed by atoms with E-state index >= 15 is 0 Å². The van der Waals surface area contributed by atoms with Gasteiger partial charge < -0.3 is 24.4 Å². The lowest BCUT2D eigenvalue weighted by atomic mass is 10.0. The molecule has 160 valence electrons. The van der Waals surface area contributed by atoms with Crippen molar-refractivity contribution in [1.82, 2.24) is 5.32 Å². The summed E-state index contributed by atoms with van der Waals surface area (Å²) >= 11 is 0. The molecule has 2 aliphatic heterocycles. The van der Waals surface area contributed by atoms with Gasteiger partial charge in [-0.25, -0.2) is 13.6 Å². The number of ether oxygens (including phenoxy) is 3. The number of nitrogens with zero attached hydrogens (tertiary/aromatic N) is 2. The average molecular weight is 413 g/mol. The van der Waals surface area contributed by atoms with Crippen LogP contribution in [-0.4, -0.2) is 70.5 Å². The molecule has 0 saturated carbocycles. The molecule has 2 heterocycles. The van der Waals surface area contributed by atoms with Gasteiger partial charge in [0.1, 0.15) is 11.9 Å². The molecular weight excluding hydrogens is 388 g/mol. The second kappa shape index (κ2) is 8.50. The van der Waals surface area contributed by atoms with Crippen molar-refractivity contribution in [2.75, 3.05) is 50.2 Å². The van der Waals surface area contributed by atoms with Gasteiger partial charge in [-0.3, -0.25) is 9.69 Å². The van der Waals surface area contributed by atoms with E-state index in [0.717, 1.165) is 0 Å². The molecule has 2 atom stereocenters. The molecule has 1 aromatic carbocycles. The number of hydrogen-bond acceptors (Lipinski definition) is 6. The van der Waals surface area contributed by atoms with Crippen LogP contribution >= 0.6 is 0 Å². The van der Waals surface area contributed by atoms with Crippen molar-refractivity contribution in [3.8, 4) is 0 Å². The number of amides is 2. The minimum atomic E-state index is -1.45. The number of carbonyl (C=O) groups excluding carboxylic acids is 2. The first-order valence-electron chi connectivity index (χ1n) is 9.31. The van der Waals surface area contributed by atoms with E-state index in [0.29, 0.717) is 12.2 Å². The Bertz CT molecular complexity index is 774. The molecule has 2 saturated heterocycles. The summed E-state index contributed by atoms with van der Waals surface area (Å²) in [5, 5.41) is 2.58. The normalized spacial score (nSPS) is 23.8. The minimum Gasteiger partial charge on any atom is -0.442 e. The molecule has 2 aliphatic rings. The summed E-state index contributed by atoms with van der Waals surface area (Å²) < 4.78 is 45.0. The zero-order valence-corrected chi connectivity index (χ0v) is 16.6. The van der Waals surface area contributed by atoms with Crippen LogP contribution < -0.4 is 15.1 Å². The predicted molar refractivity (Wildman–Crippen MR) is 101 cm³/mol. The van der Waals surface area contributed by atoms with Gasteiger partial charge in [-0.15, -0.1) is 0 Å². The molecule has 1 unspecified atom stereocenters. The molecule has 8 nitrogen and oxygen atoms in total. The van der Waals surface area contributed by atoms with Gasteiger partial charge in [0.05, 0.1) is 31.0 Å². The van der Waals surface area contributed by atoms with Gasteiger partial charge in [-0.2, -0.15) is 0 Å². The maximum atomic E-state index is 14.8. The summed E-state index contributed by atoms with van der Waals surface area (Å²) in [5.74, 6) is -2.13. The number of hydrogen-bond donors (Lipinski definition) is 1. The Labute approximate surface area is 167 Å². The van der Waals surface area contributed by atoms with Gasteiger partial charge >= 0.3 is 6.09 Å². The molecule has 2 amide bonds. The van der Waals surface area contributed by atoms with Crippen LogP contribution in [0.2, 0.25) is 0 Å². The molecule has 0 aliphatic carbocycles. The molecule has 3 rings (SSSR count). The number of carbonyl (C=O) groups is 2. The summed E-state index contributed by atoms with van der Waals surface area (Å²) in [5.41, 5.74) is 0.568. The van der Waals surface area contributed by atoms with Crippen molar-refractivity contribution < 1.29 is 32.6 Å². The van der Waals surface area contributed by atoms with Crippen LogP contribution in [0, 0.1) is 5.82 Å². The van der Waals surface area contributed by atoms with Gasteiger partial charge in [0.15, 0.2) is 6.17 Å². The van der Waals surface area contributed by atoms with E-state index < -0.39 is 30.0 Å². The lowest BCUT2D eigenvalue weighted by molar-refractivity contribution is -0.249. The summed E-state index contributed by atoms with van der Waals surface area (Å²) in [7, 11) is 2.77. The maximum absolute atomic E-state index is 14.8. The largest absolute Gasteiger partial charge is 0.442 e. The third-order valence-corrected chi connectivity index (χ3v) is 5.32. The van der Waals surface area contributed by atoms with E-state index in [-0.39, 0.29) is 37.6 Å². The number of halogens is 2. The molecule has 2 fully saturated rings. The first kappa shape index (κ1) is 21.3. The quantitative estimate of drug-likeness (QED) is 0.717. The van der Waals surface area contributed by atoms with E-state index in [9.17, 15) is 18.4 Å². The standard InChI is InChI=1S/C19H25F2N3O5/c1-12(25)22-9-14-10-24(18(26)29-14)13-4-5-16(15(20)8-13)23-7-6-19(27-2,28-3)17(21)11-23/h4-5,8,14,17H,6-7,9-11H2,1-3H3,(H,22,25)/t14-,17?/m0/s1. The number of rotatable bonds is 6. The van der Waals surface area contributed by atoms with Crippen molar-refractivity contribution in [3.05, 3.63) is 24.0 Å². The van der Waals surface area contributed by atoms with Gasteiger partial charge in [-0.05, 0) is 18.2 Å². The molecule has 1 N–H and O–H groups in total. The highest BCUT2D eigenvalue weighted by molar-refractivity contribution is 5.90. The number of nitrogens with one attached hydrogen (secondary N) is 1. The third-order valence-electron chi connectivity index (χ3n) is 5.32. The highest BCUT2D eigenvalue weighted by Gasteiger charge is 2.45. The molecule has 0 radical (unpaired) electrons. The van der Waals surface area contributed by atoms with Crippen LogP contribution in [0.1, 0.15) is 13.3 Å². The fraction of sp³-hybridized carbons (Fsp3) is 0.579. The van der Waals surface area contributed by atoms with E-state index in [1.165, 1.54) is 38.2 Å². The molecule has 10 heteroatoms. The Morgan fingerprint density at radius 2 is 2.07 bits per heavy atom. The summed E-state index contributed by atoms with van der Waals surface area (Å²) in [6.45, 7) is 2.02. The summed E-state index contributed by atoms with van der Waals surface area (Å²) in [6, 6.07) is 4.32.